The van der Waals surface area contributed by atoms with E-state index in [0.29, 0.717) is 18.9 Å². The van der Waals surface area contributed by atoms with E-state index in [9.17, 15) is 39.6 Å². The molecule has 4 rings (SSSR count). The van der Waals surface area contributed by atoms with Gasteiger partial charge in [0.25, 0.3) is 0 Å². The number of sulfonamides is 1. The van der Waals surface area contributed by atoms with Gasteiger partial charge in [-0.3, -0.25) is 9.69 Å². The van der Waals surface area contributed by atoms with Crippen LogP contribution in [0.2, 0.25) is 0 Å². The number of piperazine rings is 1. The number of hydrogen-bond donors (Lipinski definition) is 2. The Morgan fingerprint density at radius 1 is 1.02 bits per heavy atom. The molecule has 14 heteroatoms. The summed E-state index contributed by atoms with van der Waals surface area (Å²) in [4.78, 5) is 16.4. The van der Waals surface area contributed by atoms with E-state index in [0.717, 1.165) is 68.0 Å². The SMILES string of the molecule is CN1CCN(Cc2ccc3c(c2)CCC[C@H]3NC(=O)C[C@H](NS(=O)(=O)c2cccc(C(F)(F)F)c2)C(F)(F)F)CC1. The minimum absolute atomic E-state index is 0.243. The van der Waals surface area contributed by atoms with Crippen LogP contribution in [0.3, 0.4) is 0 Å². The van der Waals surface area contributed by atoms with E-state index < -0.39 is 57.2 Å². The number of amides is 1. The van der Waals surface area contributed by atoms with E-state index in [4.69, 9.17) is 0 Å². The monoisotopic (exact) mass is 606 g/mol. The predicted molar refractivity (Wildman–Crippen MR) is 139 cm³/mol. The van der Waals surface area contributed by atoms with E-state index in [-0.39, 0.29) is 6.07 Å². The van der Waals surface area contributed by atoms with Crippen molar-refractivity contribution in [3.05, 3.63) is 64.7 Å². The highest BCUT2D eigenvalue weighted by Gasteiger charge is 2.44. The highest BCUT2D eigenvalue weighted by molar-refractivity contribution is 7.89. The van der Waals surface area contributed by atoms with Gasteiger partial charge in [0.1, 0.15) is 6.04 Å². The second kappa shape index (κ2) is 12.3. The van der Waals surface area contributed by atoms with Gasteiger partial charge >= 0.3 is 12.4 Å². The molecule has 0 bridgehead atoms. The average Bonchev–Trinajstić information content (AvgIpc) is 2.88. The normalized spacial score (nSPS) is 19.9. The molecule has 1 fully saturated rings. The third-order valence-electron chi connectivity index (χ3n) is 7.41. The van der Waals surface area contributed by atoms with Crippen molar-refractivity contribution in [2.45, 2.75) is 61.6 Å². The van der Waals surface area contributed by atoms with Crippen molar-refractivity contribution >= 4 is 15.9 Å². The molecule has 0 aromatic heterocycles. The Hall–Kier alpha value is -2.68. The number of fused-ring (bicyclic) bond motifs is 1. The highest BCUT2D eigenvalue weighted by Crippen LogP contribution is 2.33. The van der Waals surface area contributed by atoms with Gasteiger partial charge in [-0.15, -0.1) is 0 Å². The van der Waals surface area contributed by atoms with Gasteiger partial charge < -0.3 is 10.2 Å². The van der Waals surface area contributed by atoms with Crippen molar-refractivity contribution in [3.63, 3.8) is 0 Å². The largest absolute Gasteiger partial charge is 0.416 e. The highest BCUT2D eigenvalue weighted by atomic mass is 32.2. The van der Waals surface area contributed by atoms with Crippen molar-refractivity contribution in [1.82, 2.24) is 19.8 Å². The Morgan fingerprint density at radius 2 is 1.73 bits per heavy atom. The zero-order valence-corrected chi connectivity index (χ0v) is 23.2. The van der Waals surface area contributed by atoms with Gasteiger partial charge in [-0.25, -0.2) is 8.42 Å². The molecule has 2 aromatic rings. The van der Waals surface area contributed by atoms with Gasteiger partial charge in [-0.1, -0.05) is 24.3 Å². The lowest BCUT2D eigenvalue weighted by atomic mass is 9.86. The quantitative estimate of drug-likeness (QED) is 0.440. The van der Waals surface area contributed by atoms with Gasteiger partial charge in [0.15, 0.2) is 0 Å². The van der Waals surface area contributed by atoms with Crippen LogP contribution in [0, 0.1) is 0 Å². The zero-order valence-electron chi connectivity index (χ0n) is 22.4. The first-order valence-corrected chi connectivity index (χ1v) is 14.7. The molecule has 0 saturated carbocycles. The van der Waals surface area contributed by atoms with E-state index in [1.807, 2.05) is 12.1 Å². The molecule has 1 amide bonds. The first-order valence-electron chi connectivity index (χ1n) is 13.2. The maximum absolute atomic E-state index is 13.8. The minimum atomic E-state index is -5.17. The fourth-order valence-corrected chi connectivity index (χ4v) is 6.41. The van der Waals surface area contributed by atoms with Crippen LogP contribution in [0.15, 0.2) is 47.4 Å². The van der Waals surface area contributed by atoms with Gasteiger partial charge in [0.2, 0.25) is 15.9 Å². The van der Waals surface area contributed by atoms with Crippen molar-refractivity contribution < 1.29 is 39.6 Å². The van der Waals surface area contributed by atoms with E-state index in [1.165, 1.54) is 4.72 Å². The van der Waals surface area contributed by atoms with Crippen LogP contribution in [0.5, 0.6) is 0 Å². The predicted octanol–water partition coefficient (Wildman–Crippen LogP) is 4.25. The molecule has 1 aliphatic carbocycles. The Bertz CT molecular complexity index is 1340. The van der Waals surface area contributed by atoms with Crippen LogP contribution in [-0.2, 0) is 34.0 Å². The van der Waals surface area contributed by atoms with Crippen LogP contribution in [0.4, 0.5) is 26.3 Å². The molecule has 2 aliphatic rings. The Labute approximate surface area is 234 Å². The fourth-order valence-electron chi connectivity index (χ4n) is 5.14. The molecule has 1 aliphatic heterocycles. The number of nitrogens with zero attached hydrogens (tertiary/aromatic N) is 2. The number of likely N-dealkylation sites (N-methyl/N-ethyl adjacent to an activating group) is 1. The van der Waals surface area contributed by atoms with Gasteiger partial charge in [0, 0.05) is 32.7 Å². The molecule has 0 radical (unpaired) electrons. The van der Waals surface area contributed by atoms with Crippen LogP contribution < -0.4 is 10.0 Å². The van der Waals surface area contributed by atoms with Gasteiger partial charge in [-0.2, -0.15) is 31.1 Å². The lowest BCUT2D eigenvalue weighted by molar-refractivity contribution is -0.158. The van der Waals surface area contributed by atoms with Crippen LogP contribution in [0.25, 0.3) is 0 Å². The summed E-state index contributed by atoms with van der Waals surface area (Å²) in [6.07, 6.45) is -9.36. The summed E-state index contributed by atoms with van der Waals surface area (Å²) in [5, 5.41) is 2.60. The maximum atomic E-state index is 13.8. The summed E-state index contributed by atoms with van der Waals surface area (Å²) >= 11 is 0. The molecule has 1 saturated heterocycles. The van der Waals surface area contributed by atoms with Crippen molar-refractivity contribution in [2.24, 2.45) is 0 Å². The lowest BCUT2D eigenvalue weighted by Gasteiger charge is -2.33. The molecular weight excluding hydrogens is 574 g/mol. The summed E-state index contributed by atoms with van der Waals surface area (Å²) in [6, 6.07) is 4.89. The molecule has 41 heavy (non-hydrogen) atoms. The topological polar surface area (TPSA) is 81.8 Å². The summed E-state index contributed by atoms with van der Waals surface area (Å²) in [5.74, 6) is -1.03. The minimum Gasteiger partial charge on any atom is -0.349 e. The van der Waals surface area contributed by atoms with E-state index in [2.05, 4.69) is 28.2 Å². The maximum Gasteiger partial charge on any atom is 0.416 e. The summed E-state index contributed by atoms with van der Waals surface area (Å²) in [7, 11) is -2.95. The fraction of sp³-hybridized carbons (Fsp3) is 0.519. The molecule has 1 heterocycles. The third-order valence-corrected chi connectivity index (χ3v) is 8.88. The first-order chi connectivity index (χ1) is 19.1. The number of carbonyl (C=O) groups is 1. The number of benzene rings is 2. The summed E-state index contributed by atoms with van der Waals surface area (Å²) in [6.45, 7) is 4.63. The molecule has 226 valence electrons. The van der Waals surface area contributed by atoms with Gasteiger partial charge in [-0.05, 0) is 61.2 Å². The molecule has 2 atom stereocenters. The molecule has 0 unspecified atom stereocenters. The Morgan fingerprint density at radius 3 is 2.39 bits per heavy atom. The first kappa shape index (κ1) is 31.3. The third kappa shape index (κ3) is 8.21. The molecule has 2 N–H and O–H groups in total. The van der Waals surface area contributed by atoms with Crippen LogP contribution >= 0.6 is 0 Å². The number of rotatable bonds is 8. The number of carbonyl (C=O) groups excluding carboxylic acids is 1. The van der Waals surface area contributed by atoms with Gasteiger partial charge in [0.05, 0.1) is 22.9 Å². The van der Waals surface area contributed by atoms with Crippen molar-refractivity contribution in [1.29, 1.82) is 0 Å². The molecular formula is C27H32F6N4O3S. The average molecular weight is 607 g/mol. The lowest BCUT2D eigenvalue weighted by Crippen LogP contribution is -2.48. The van der Waals surface area contributed by atoms with Crippen LogP contribution in [-0.4, -0.2) is 69.6 Å². The summed E-state index contributed by atoms with van der Waals surface area (Å²) < 4.78 is 107. The molecule has 2 aromatic carbocycles. The van der Waals surface area contributed by atoms with Crippen molar-refractivity contribution in [3.8, 4) is 0 Å². The smallest absolute Gasteiger partial charge is 0.349 e. The Kier molecular flexibility index (Phi) is 9.36. The number of aryl methyl sites for hydroxylation is 1. The second-order valence-electron chi connectivity index (χ2n) is 10.6. The number of nitrogens with one attached hydrogen (secondary N) is 2. The number of hydrogen-bond acceptors (Lipinski definition) is 5. The summed E-state index contributed by atoms with van der Waals surface area (Å²) in [5.41, 5.74) is 1.59. The van der Waals surface area contributed by atoms with E-state index in [1.54, 1.807) is 0 Å². The number of alkyl halides is 6. The van der Waals surface area contributed by atoms with Crippen LogP contribution in [0.1, 0.15) is 47.6 Å². The Balaban J connectivity index is 1.43. The molecule has 7 nitrogen and oxygen atoms in total. The zero-order chi connectivity index (χ0) is 30.0. The van der Waals surface area contributed by atoms with E-state index >= 15 is 0 Å². The second-order valence-corrected chi connectivity index (χ2v) is 12.3. The number of halogens is 6. The van der Waals surface area contributed by atoms with Crippen molar-refractivity contribution in [2.75, 3.05) is 33.2 Å². The molecule has 0 spiro atoms. The standard InChI is InChI=1S/C27H32F6N4O3S/c1-36-10-12-37(13-11-36)17-18-8-9-22-19(14-18)4-2-7-23(22)34-25(38)16-24(27(31,32)33)35-41(39,40)21-6-3-5-20(15-21)26(28,29)30/h3,5-6,8-9,14-15,23-24,35H,2,4,7,10-13,16-17H2,1H3,(H,34,38)/t23-,24+/m1/s1.